The molecule has 34 heavy (non-hydrogen) atoms. The van der Waals surface area contributed by atoms with Gasteiger partial charge in [0.1, 0.15) is 5.75 Å². The quantitative estimate of drug-likeness (QED) is 0.270. The predicted octanol–water partition coefficient (Wildman–Crippen LogP) is 4.06. The van der Waals surface area contributed by atoms with Crippen LogP contribution < -0.4 is 20.8 Å². The lowest BCUT2D eigenvalue weighted by Crippen LogP contribution is -2.32. The van der Waals surface area contributed by atoms with Crippen molar-refractivity contribution in [3.8, 4) is 5.75 Å². The van der Waals surface area contributed by atoms with Crippen LogP contribution in [0.4, 0.5) is 11.4 Å². The Kier molecular flexibility index (Phi) is 8.37. The van der Waals surface area contributed by atoms with E-state index in [9.17, 15) is 14.4 Å². The summed E-state index contributed by atoms with van der Waals surface area (Å²) >= 11 is 5.83. The first-order chi connectivity index (χ1) is 16.3. The first-order valence-electron chi connectivity index (χ1n) is 10.3. The van der Waals surface area contributed by atoms with Crippen LogP contribution in [-0.2, 0) is 14.4 Å². The van der Waals surface area contributed by atoms with Gasteiger partial charge in [-0.25, -0.2) is 5.43 Å². The molecule has 0 aliphatic carbocycles. The smallest absolute Gasteiger partial charge is 0.329 e. The summed E-state index contributed by atoms with van der Waals surface area (Å²) in [5, 5.41) is 9.69. The molecule has 0 aromatic heterocycles. The van der Waals surface area contributed by atoms with Crippen molar-refractivity contribution in [1.29, 1.82) is 0 Å². The van der Waals surface area contributed by atoms with Crippen molar-refractivity contribution in [3.05, 3.63) is 88.4 Å². The van der Waals surface area contributed by atoms with Crippen LogP contribution in [0.5, 0.6) is 5.75 Å². The van der Waals surface area contributed by atoms with E-state index in [1.165, 1.54) is 6.21 Å². The first-order valence-corrected chi connectivity index (χ1v) is 10.7. The second-order valence-electron chi connectivity index (χ2n) is 7.34. The third-order valence-corrected chi connectivity index (χ3v) is 4.91. The third-order valence-electron chi connectivity index (χ3n) is 4.66. The number of hydrazone groups is 1. The van der Waals surface area contributed by atoms with Gasteiger partial charge >= 0.3 is 11.8 Å². The summed E-state index contributed by atoms with van der Waals surface area (Å²) in [5.41, 5.74) is 5.70. The molecule has 0 heterocycles. The van der Waals surface area contributed by atoms with Crippen LogP contribution in [-0.4, -0.2) is 30.5 Å². The second kappa shape index (κ2) is 11.6. The number of amides is 3. The molecular formula is C25H23ClN4O4. The molecule has 3 aromatic rings. The molecule has 0 spiro atoms. The molecule has 0 saturated heterocycles. The van der Waals surface area contributed by atoms with Gasteiger partial charge in [-0.15, -0.1) is 0 Å². The normalized spacial score (nSPS) is 10.6. The lowest BCUT2D eigenvalue weighted by molar-refractivity contribution is -0.136. The van der Waals surface area contributed by atoms with Crippen molar-refractivity contribution in [1.82, 2.24) is 5.43 Å². The number of anilines is 2. The zero-order valence-corrected chi connectivity index (χ0v) is 19.3. The van der Waals surface area contributed by atoms with E-state index in [1.54, 1.807) is 48.5 Å². The minimum Gasteiger partial charge on any atom is -0.484 e. The Morgan fingerprint density at radius 3 is 2.29 bits per heavy atom. The fourth-order valence-electron chi connectivity index (χ4n) is 2.96. The number of ether oxygens (including phenoxy) is 1. The van der Waals surface area contributed by atoms with Gasteiger partial charge in [0.05, 0.1) is 6.21 Å². The van der Waals surface area contributed by atoms with E-state index in [1.807, 2.05) is 32.0 Å². The highest BCUT2D eigenvalue weighted by molar-refractivity contribution is 6.39. The summed E-state index contributed by atoms with van der Waals surface area (Å²) < 4.78 is 5.51. The minimum atomic E-state index is -0.898. The molecule has 9 heteroatoms. The highest BCUT2D eigenvalue weighted by Crippen LogP contribution is 2.19. The number of hydrogen-bond acceptors (Lipinski definition) is 5. The van der Waals surface area contributed by atoms with Crippen LogP contribution in [0.25, 0.3) is 0 Å². The van der Waals surface area contributed by atoms with Crippen LogP contribution in [0.1, 0.15) is 16.7 Å². The van der Waals surface area contributed by atoms with Crippen LogP contribution in [0.3, 0.4) is 0 Å². The van der Waals surface area contributed by atoms with E-state index >= 15 is 0 Å². The number of nitrogens with one attached hydrogen (secondary N) is 3. The Hall–Kier alpha value is -4.17. The summed E-state index contributed by atoms with van der Waals surface area (Å²) in [7, 11) is 0. The molecule has 174 valence electrons. The number of hydrogen-bond donors (Lipinski definition) is 3. The summed E-state index contributed by atoms with van der Waals surface area (Å²) in [6.07, 6.45) is 1.37. The van der Waals surface area contributed by atoms with Crippen LogP contribution in [0, 0.1) is 13.8 Å². The third kappa shape index (κ3) is 7.18. The predicted molar refractivity (Wildman–Crippen MR) is 132 cm³/mol. The SMILES string of the molecule is Cc1cccc(C)c1NC(=O)C(=O)N/N=C\c1cccc(OCC(=O)Nc2ccc(Cl)cc2)c1. The highest BCUT2D eigenvalue weighted by atomic mass is 35.5. The average Bonchev–Trinajstić information content (AvgIpc) is 2.82. The van der Waals surface area contributed by atoms with Gasteiger partial charge < -0.3 is 15.4 Å². The lowest BCUT2D eigenvalue weighted by Gasteiger charge is -2.10. The van der Waals surface area contributed by atoms with E-state index in [-0.39, 0.29) is 12.5 Å². The van der Waals surface area contributed by atoms with Gasteiger partial charge in [-0.1, -0.05) is 41.9 Å². The second-order valence-corrected chi connectivity index (χ2v) is 7.77. The molecular weight excluding hydrogens is 456 g/mol. The van der Waals surface area contributed by atoms with Crippen molar-refractivity contribution < 1.29 is 19.1 Å². The number of rotatable bonds is 7. The summed E-state index contributed by atoms with van der Waals surface area (Å²) in [6.45, 7) is 3.49. The van der Waals surface area contributed by atoms with Crippen molar-refractivity contribution in [2.75, 3.05) is 17.2 Å². The summed E-state index contributed by atoms with van der Waals surface area (Å²) in [6, 6.07) is 19.0. The molecule has 0 bridgehead atoms. The highest BCUT2D eigenvalue weighted by Gasteiger charge is 2.15. The Bertz CT molecular complexity index is 1210. The van der Waals surface area contributed by atoms with Crippen LogP contribution in [0.15, 0.2) is 71.8 Å². The maximum absolute atomic E-state index is 12.1. The van der Waals surface area contributed by atoms with Crippen molar-refractivity contribution in [3.63, 3.8) is 0 Å². The molecule has 0 aliphatic heterocycles. The van der Waals surface area contributed by atoms with E-state index in [4.69, 9.17) is 16.3 Å². The van der Waals surface area contributed by atoms with Gasteiger partial charge in [0.15, 0.2) is 6.61 Å². The Balaban J connectivity index is 1.49. The molecule has 3 rings (SSSR count). The van der Waals surface area contributed by atoms with E-state index in [2.05, 4.69) is 21.2 Å². The number of carbonyl (C=O) groups excluding carboxylic acids is 3. The van der Waals surface area contributed by atoms with Crippen molar-refractivity contribution in [2.45, 2.75) is 13.8 Å². The Morgan fingerprint density at radius 1 is 0.912 bits per heavy atom. The van der Waals surface area contributed by atoms with Gasteiger partial charge in [-0.2, -0.15) is 5.10 Å². The zero-order chi connectivity index (χ0) is 24.5. The fourth-order valence-corrected chi connectivity index (χ4v) is 3.09. The number of halogens is 1. The maximum Gasteiger partial charge on any atom is 0.329 e. The van der Waals surface area contributed by atoms with Crippen molar-refractivity contribution in [2.24, 2.45) is 5.10 Å². The molecule has 0 saturated carbocycles. The Labute approximate surface area is 202 Å². The van der Waals surface area contributed by atoms with Crippen LogP contribution >= 0.6 is 11.6 Å². The van der Waals surface area contributed by atoms with Crippen molar-refractivity contribution >= 4 is 46.9 Å². The van der Waals surface area contributed by atoms with E-state index in [0.717, 1.165) is 11.1 Å². The topological polar surface area (TPSA) is 109 Å². The van der Waals surface area contributed by atoms with E-state index in [0.29, 0.717) is 27.7 Å². The number of nitrogens with zero attached hydrogens (tertiary/aromatic N) is 1. The van der Waals surface area contributed by atoms with Gasteiger partial charge in [-0.3, -0.25) is 14.4 Å². The first kappa shape index (κ1) is 24.5. The number of para-hydroxylation sites is 1. The minimum absolute atomic E-state index is 0.196. The van der Waals surface area contributed by atoms with E-state index < -0.39 is 11.8 Å². The molecule has 0 unspecified atom stereocenters. The molecule has 0 radical (unpaired) electrons. The largest absolute Gasteiger partial charge is 0.484 e. The molecule has 3 amide bonds. The number of carbonyl (C=O) groups is 3. The molecule has 3 aromatic carbocycles. The molecule has 3 N–H and O–H groups in total. The van der Waals surface area contributed by atoms with Gasteiger partial charge in [-0.05, 0) is 66.9 Å². The molecule has 0 atom stereocenters. The van der Waals surface area contributed by atoms with Crippen LogP contribution in [0.2, 0.25) is 5.02 Å². The summed E-state index contributed by atoms with van der Waals surface area (Å²) in [4.78, 5) is 36.3. The van der Waals surface area contributed by atoms with Gasteiger partial charge in [0.25, 0.3) is 5.91 Å². The fraction of sp³-hybridized carbons (Fsp3) is 0.120. The summed E-state index contributed by atoms with van der Waals surface area (Å²) in [5.74, 6) is -1.61. The van der Waals surface area contributed by atoms with Gasteiger partial charge in [0, 0.05) is 16.4 Å². The molecule has 0 aliphatic rings. The lowest BCUT2D eigenvalue weighted by atomic mass is 10.1. The monoisotopic (exact) mass is 478 g/mol. The van der Waals surface area contributed by atoms with Gasteiger partial charge in [0.2, 0.25) is 0 Å². The molecule has 8 nitrogen and oxygen atoms in total. The Morgan fingerprint density at radius 2 is 1.59 bits per heavy atom. The standard InChI is InChI=1S/C25H23ClN4O4/c1-16-5-3-6-17(2)23(16)29-24(32)25(33)30-27-14-18-7-4-8-21(13-18)34-15-22(31)28-20-11-9-19(26)10-12-20/h3-14H,15H2,1-2H3,(H,28,31)(H,29,32)(H,30,33)/b27-14-. The average molecular weight is 479 g/mol. The number of aryl methyl sites for hydroxylation is 2. The number of benzene rings is 3. The molecule has 0 fully saturated rings. The zero-order valence-electron chi connectivity index (χ0n) is 18.6. The maximum atomic E-state index is 12.1.